The topological polar surface area (TPSA) is 91.3 Å². The molecule has 3 N–H and O–H groups in total. The van der Waals surface area contributed by atoms with Gasteiger partial charge in [-0.05, 0) is 60.0 Å². The van der Waals surface area contributed by atoms with E-state index in [4.69, 9.17) is 0 Å². The van der Waals surface area contributed by atoms with Crippen LogP contribution in [-0.4, -0.2) is 28.0 Å². The van der Waals surface area contributed by atoms with Gasteiger partial charge in [-0.2, -0.15) is 0 Å². The first kappa shape index (κ1) is 23.3. The summed E-state index contributed by atoms with van der Waals surface area (Å²) in [5, 5.41) is 15.1. The van der Waals surface area contributed by atoms with E-state index in [0.29, 0.717) is 44.9 Å². The van der Waals surface area contributed by atoms with E-state index in [9.17, 15) is 23.5 Å². The Morgan fingerprint density at radius 3 is 2.44 bits per heavy atom. The Morgan fingerprint density at radius 1 is 1.03 bits per heavy atom. The number of halogens is 2. The van der Waals surface area contributed by atoms with Gasteiger partial charge in [0.1, 0.15) is 17.7 Å². The van der Waals surface area contributed by atoms with Crippen molar-refractivity contribution >= 4 is 44.2 Å². The molecule has 1 amide bonds. The van der Waals surface area contributed by atoms with Crippen LogP contribution in [0.2, 0.25) is 0 Å². The Bertz CT molecular complexity index is 1360. The lowest BCUT2D eigenvalue weighted by Gasteiger charge is -2.13. The molecule has 4 rings (SSSR count). The summed E-state index contributed by atoms with van der Waals surface area (Å²) in [6, 6.07) is 14.5. The minimum absolute atomic E-state index is 0.231. The molecule has 1 aromatic heterocycles. The molecule has 0 fully saturated rings. The van der Waals surface area contributed by atoms with E-state index in [1.54, 1.807) is 42.5 Å². The van der Waals surface area contributed by atoms with E-state index in [2.05, 4.69) is 15.6 Å². The zero-order valence-corrected chi connectivity index (χ0v) is 19.0. The number of benzene rings is 3. The van der Waals surface area contributed by atoms with Gasteiger partial charge in [0.15, 0.2) is 5.13 Å². The fraction of sp³-hybridized carbons (Fsp3) is 0.160. The SMILES string of the molecule is CCC[C@H](NC(=O)c1ccc(-c2ccc(Nc3nc4ccc(F)cc4s3)c(F)c2)cc1)C(=O)O. The van der Waals surface area contributed by atoms with E-state index in [1.165, 1.54) is 29.5 Å². The van der Waals surface area contributed by atoms with Crippen molar-refractivity contribution in [3.8, 4) is 11.1 Å². The first-order valence-electron chi connectivity index (χ1n) is 10.6. The summed E-state index contributed by atoms with van der Waals surface area (Å²) in [5.74, 6) is -2.40. The van der Waals surface area contributed by atoms with Crippen LogP contribution >= 0.6 is 11.3 Å². The molecule has 3 aromatic carbocycles. The third kappa shape index (κ3) is 5.20. The molecule has 0 aliphatic rings. The lowest BCUT2D eigenvalue weighted by atomic mass is 10.0. The van der Waals surface area contributed by atoms with Crippen molar-refractivity contribution in [1.82, 2.24) is 10.3 Å². The van der Waals surface area contributed by atoms with Crippen molar-refractivity contribution in [3.05, 3.63) is 77.9 Å². The summed E-state index contributed by atoms with van der Waals surface area (Å²) in [6.45, 7) is 1.84. The number of nitrogens with one attached hydrogen (secondary N) is 2. The molecule has 6 nitrogen and oxygen atoms in total. The molecule has 1 heterocycles. The summed E-state index contributed by atoms with van der Waals surface area (Å²) in [6.07, 6.45) is 0.969. The highest BCUT2D eigenvalue weighted by atomic mass is 32.1. The van der Waals surface area contributed by atoms with Crippen molar-refractivity contribution in [2.75, 3.05) is 5.32 Å². The van der Waals surface area contributed by atoms with Crippen LogP contribution in [0, 0.1) is 11.6 Å². The lowest BCUT2D eigenvalue weighted by molar-refractivity contribution is -0.139. The summed E-state index contributed by atoms with van der Waals surface area (Å²) in [7, 11) is 0. The van der Waals surface area contributed by atoms with Crippen LogP contribution in [0.25, 0.3) is 21.3 Å². The maximum atomic E-state index is 14.8. The van der Waals surface area contributed by atoms with E-state index < -0.39 is 23.7 Å². The molecule has 0 spiro atoms. The fourth-order valence-electron chi connectivity index (χ4n) is 3.46. The number of fused-ring (bicyclic) bond motifs is 1. The number of carbonyl (C=O) groups is 2. The van der Waals surface area contributed by atoms with Gasteiger partial charge in [0.05, 0.1) is 15.9 Å². The van der Waals surface area contributed by atoms with Crippen LogP contribution in [-0.2, 0) is 4.79 Å². The Hall–Kier alpha value is -3.85. The van der Waals surface area contributed by atoms with Gasteiger partial charge in [0, 0.05) is 5.56 Å². The summed E-state index contributed by atoms with van der Waals surface area (Å²) in [4.78, 5) is 28.0. The molecule has 0 saturated carbocycles. The summed E-state index contributed by atoms with van der Waals surface area (Å²) < 4.78 is 28.8. The molecular weight excluding hydrogens is 460 g/mol. The van der Waals surface area contributed by atoms with Crippen molar-refractivity contribution in [1.29, 1.82) is 0 Å². The Kier molecular flexibility index (Phi) is 6.83. The monoisotopic (exact) mass is 481 g/mol. The number of anilines is 2. The number of carbonyl (C=O) groups excluding carboxylic acids is 1. The predicted octanol–water partition coefficient (Wildman–Crippen LogP) is 5.97. The molecule has 0 aliphatic heterocycles. The number of hydrogen-bond acceptors (Lipinski definition) is 5. The van der Waals surface area contributed by atoms with E-state index in [1.807, 2.05) is 6.92 Å². The molecule has 1 atom stereocenters. The number of aliphatic carboxylic acids is 1. The van der Waals surface area contributed by atoms with E-state index in [-0.39, 0.29) is 11.5 Å². The molecule has 9 heteroatoms. The van der Waals surface area contributed by atoms with Gasteiger partial charge >= 0.3 is 5.97 Å². The van der Waals surface area contributed by atoms with Crippen LogP contribution in [0.4, 0.5) is 19.6 Å². The second-order valence-electron chi connectivity index (χ2n) is 7.68. The first-order chi connectivity index (χ1) is 16.3. The zero-order valence-electron chi connectivity index (χ0n) is 18.1. The highest BCUT2D eigenvalue weighted by Gasteiger charge is 2.19. The van der Waals surface area contributed by atoms with Crippen LogP contribution in [0.1, 0.15) is 30.1 Å². The molecule has 174 valence electrons. The average Bonchev–Trinajstić information content (AvgIpc) is 3.21. The Labute approximate surface area is 198 Å². The smallest absolute Gasteiger partial charge is 0.326 e. The molecular formula is C25H21F2N3O3S. The quantitative estimate of drug-likeness (QED) is 0.289. The van der Waals surface area contributed by atoms with Crippen molar-refractivity contribution < 1.29 is 23.5 Å². The van der Waals surface area contributed by atoms with Gasteiger partial charge in [-0.15, -0.1) is 0 Å². The van der Waals surface area contributed by atoms with Gasteiger partial charge in [-0.1, -0.05) is 42.9 Å². The van der Waals surface area contributed by atoms with Crippen molar-refractivity contribution in [2.24, 2.45) is 0 Å². The second kappa shape index (κ2) is 9.96. The molecule has 0 unspecified atom stereocenters. The first-order valence-corrected chi connectivity index (χ1v) is 11.4. The number of thiazole rings is 1. The zero-order chi connectivity index (χ0) is 24.2. The van der Waals surface area contributed by atoms with Crippen LogP contribution in [0.3, 0.4) is 0 Å². The van der Waals surface area contributed by atoms with Gasteiger partial charge < -0.3 is 15.7 Å². The van der Waals surface area contributed by atoms with Crippen LogP contribution in [0.15, 0.2) is 60.7 Å². The number of carboxylic acid groups (broad SMARTS) is 1. The number of hydrogen-bond donors (Lipinski definition) is 3. The normalized spacial score (nSPS) is 11.9. The van der Waals surface area contributed by atoms with Gasteiger partial charge in [0.2, 0.25) is 0 Å². The van der Waals surface area contributed by atoms with Crippen molar-refractivity contribution in [2.45, 2.75) is 25.8 Å². The van der Waals surface area contributed by atoms with Gasteiger partial charge in [-0.25, -0.2) is 18.6 Å². The Morgan fingerprint density at radius 2 is 1.76 bits per heavy atom. The fourth-order valence-corrected chi connectivity index (χ4v) is 4.37. The highest BCUT2D eigenvalue weighted by molar-refractivity contribution is 7.22. The number of nitrogens with zero attached hydrogens (tertiary/aromatic N) is 1. The van der Waals surface area contributed by atoms with E-state index in [0.717, 1.165) is 0 Å². The Balaban J connectivity index is 1.47. The van der Waals surface area contributed by atoms with E-state index >= 15 is 0 Å². The van der Waals surface area contributed by atoms with Crippen LogP contribution in [0.5, 0.6) is 0 Å². The average molecular weight is 482 g/mol. The highest BCUT2D eigenvalue weighted by Crippen LogP contribution is 2.31. The third-order valence-corrected chi connectivity index (χ3v) is 6.16. The maximum absolute atomic E-state index is 14.8. The lowest BCUT2D eigenvalue weighted by Crippen LogP contribution is -2.40. The van der Waals surface area contributed by atoms with Gasteiger partial charge in [0.25, 0.3) is 5.91 Å². The molecule has 0 bridgehead atoms. The minimum atomic E-state index is -1.07. The number of carboxylic acids is 1. The minimum Gasteiger partial charge on any atom is -0.480 e. The summed E-state index contributed by atoms with van der Waals surface area (Å²) >= 11 is 1.23. The second-order valence-corrected chi connectivity index (χ2v) is 8.71. The number of amides is 1. The molecule has 34 heavy (non-hydrogen) atoms. The number of rotatable bonds is 8. The molecule has 0 aliphatic carbocycles. The summed E-state index contributed by atoms with van der Waals surface area (Å²) in [5.41, 5.74) is 2.48. The molecule has 0 saturated heterocycles. The molecule has 0 radical (unpaired) electrons. The van der Waals surface area contributed by atoms with Gasteiger partial charge in [-0.3, -0.25) is 4.79 Å². The third-order valence-electron chi connectivity index (χ3n) is 5.22. The standard InChI is InChI=1S/C25H21F2N3O3S/c1-2-3-21(24(32)33)28-23(31)15-6-4-14(5-7-15)16-8-10-19(18(27)12-16)29-25-30-20-11-9-17(26)13-22(20)34-25/h4-13,21H,2-3H2,1H3,(H,28,31)(H,29,30)(H,32,33)/t21-/m0/s1. The number of aromatic nitrogens is 1. The van der Waals surface area contributed by atoms with Crippen molar-refractivity contribution in [3.63, 3.8) is 0 Å². The molecule has 4 aromatic rings. The maximum Gasteiger partial charge on any atom is 0.326 e. The predicted molar refractivity (Wildman–Crippen MR) is 128 cm³/mol. The van der Waals surface area contributed by atoms with Crippen LogP contribution < -0.4 is 10.6 Å². The largest absolute Gasteiger partial charge is 0.480 e.